The van der Waals surface area contributed by atoms with E-state index in [2.05, 4.69) is 4.98 Å². The Morgan fingerprint density at radius 1 is 1.18 bits per heavy atom. The van der Waals surface area contributed by atoms with Crippen LogP contribution in [0.25, 0.3) is 0 Å². The summed E-state index contributed by atoms with van der Waals surface area (Å²) in [5, 5.41) is 9.37. The van der Waals surface area contributed by atoms with Crippen molar-refractivity contribution in [3.8, 4) is 5.75 Å². The molecule has 88 valence electrons. The van der Waals surface area contributed by atoms with E-state index in [1.807, 2.05) is 42.5 Å². The van der Waals surface area contributed by atoms with Crippen molar-refractivity contribution in [3.05, 3.63) is 59.9 Å². The zero-order valence-electron chi connectivity index (χ0n) is 9.71. The smallest absolute Gasteiger partial charge is 0.130 e. The van der Waals surface area contributed by atoms with E-state index in [4.69, 9.17) is 4.74 Å². The lowest BCUT2D eigenvalue weighted by Crippen LogP contribution is -1.98. The van der Waals surface area contributed by atoms with Crippen LogP contribution in [0.15, 0.2) is 48.7 Å². The number of aromatic nitrogens is 1. The van der Waals surface area contributed by atoms with Crippen molar-refractivity contribution in [1.82, 2.24) is 4.98 Å². The molecule has 0 saturated heterocycles. The van der Waals surface area contributed by atoms with Gasteiger partial charge in [0.2, 0.25) is 0 Å². The van der Waals surface area contributed by atoms with Crippen LogP contribution in [0.1, 0.15) is 24.3 Å². The van der Waals surface area contributed by atoms with E-state index in [-0.39, 0.29) is 0 Å². The molecule has 2 rings (SSSR count). The van der Waals surface area contributed by atoms with E-state index < -0.39 is 6.10 Å². The minimum Gasteiger partial charge on any atom is -0.487 e. The summed E-state index contributed by atoms with van der Waals surface area (Å²) in [5.74, 6) is 0.778. The summed E-state index contributed by atoms with van der Waals surface area (Å²) >= 11 is 0. The Kier molecular flexibility index (Phi) is 3.73. The van der Waals surface area contributed by atoms with Gasteiger partial charge in [-0.2, -0.15) is 0 Å². The number of aliphatic hydroxyl groups excluding tert-OH is 1. The molecular formula is C14H15NO2. The minimum atomic E-state index is -0.445. The molecule has 0 aliphatic rings. The number of pyridine rings is 1. The molecular weight excluding hydrogens is 214 g/mol. The third-order valence-corrected chi connectivity index (χ3v) is 2.48. The fourth-order valence-corrected chi connectivity index (χ4v) is 1.48. The first-order valence-electron chi connectivity index (χ1n) is 5.56. The van der Waals surface area contributed by atoms with E-state index in [0.29, 0.717) is 6.61 Å². The molecule has 0 aliphatic carbocycles. The van der Waals surface area contributed by atoms with Crippen LogP contribution in [-0.4, -0.2) is 10.1 Å². The Hall–Kier alpha value is -1.87. The first-order valence-corrected chi connectivity index (χ1v) is 5.56. The van der Waals surface area contributed by atoms with Crippen molar-refractivity contribution in [3.63, 3.8) is 0 Å². The van der Waals surface area contributed by atoms with Gasteiger partial charge in [-0.3, -0.25) is 4.98 Å². The van der Waals surface area contributed by atoms with Gasteiger partial charge in [-0.05, 0) is 36.8 Å². The van der Waals surface area contributed by atoms with Crippen molar-refractivity contribution in [1.29, 1.82) is 0 Å². The molecule has 0 radical (unpaired) electrons. The summed E-state index contributed by atoms with van der Waals surface area (Å²) in [6.07, 6.45) is 1.30. The zero-order valence-corrected chi connectivity index (χ0v) is 9.71. The summed E-state index contributed by atoms with van der Waals surface area (Å²) in [4.78, 5) is 4.17. The molecule has 1 atom stereocenters. The third kappa shape index (κ3) is 3.29. The van der Waals surface area contributed by atoms with E-state index in [0.717, 1.165) is 17.0 Å². The van der Waals surface area contributed by atoms with Crippen molar-refractivity contribution in [2.24, 2.45) is 0 Å². The monoisotopic (exact) mass is 229 g/mol. The van der Waals surface area contributed by atoms with Crippen LogP contribution >= 0.6 is 0 Å². The molecule has 1 heterocycles. The molecule has 2 aromatic rings. The van der Waals surface area contributed by atoms with E-state index in [1.165, 1.54) is 0 Å². The van der Waals surface area contributed by atoms with Crippen LogP contribution in [0.3, 0.4) is 0 Å². The lowest BCUT2D eigenvalue weighted by molar-refractivity contribution is 0.199. The maximum atomic E-state index is 9.37. The maximum absolute atomic E-state index is 9.37. The van der Waals surface area contributed by atoms with Gasteiger partial charge in [-0.25, -0.2) is 0 Å². The number of ether oxygens (including phenoxy) is 1. The number of nitrogens with zero attached hydrogens (tertiary/aromatic N) is 1. The Morgan fingerprint density at radius 3 is 2.53 bits per heavy atom. The van der Waals surface area contributed by atoms with Crippen molar-refractivity contribution in [2.75, 3.05) is 0 Å². The third-order valence-electron chi connectivity index (χ3n) is 2.48. The van der Waals surface area contributed by atoms with E-state index in [1.54, 1.807) is 13.1 Å². The molecule has 1 aromatic heterocycles. The maximum Gasteiger partial charge on any atom is 0.130 e. The van der Waals surface area contributed by atoms with Crippen molar-refractivity contribution >= 4 is 0 Å². The van der Waals surface area contributed by atoms with Gasteiger partial charge in [0.1, 0.15) is 12.4 Å². The van der Waals surface area contributed by atoms with Gasteiger partial charge in [-0.15, -0.1) is 0 Å². The molecule has 0 amide bonds. The lowest BCUT2D eigenvalue weighted by atomic mass is 10.1. The highest BCUT2D eigenvalue weighted by molar-refractivity contribution is 5.28. The van der Waals surface area contributed by atoms with Gasteiger partial charge in [0.15, 0.2) is 0 Å². The first kappa shape index (κ1) is 11.6. The van der Waals surface area contributed by atoms with Crippen LogP contribution in [-0.2, 0) is 6.61 Å². The topological polar surface area (TPSA) is 42.4 Å². The number of aliphatic hydroxyl groups is 1. The summed E-state index contributed by atoms with van der Waals surface area (Å²) in [5.41, 5.74) is 1.78. The van der Waals surface area contributed by atoms with Crippen LogP contribution in [0.2, 0.25) is 0 Å². The minimum absolute atomic E-state index is 0.445. The second-order valence-electron chi connectivity index (χ2n) is 3.85. The normalized spacial score (nSPS) is 12.1. The predicted octanol–water partition coefficient (Wildman–Crippen LogP) is 2.71. The summed E-state index contributed by atoms with van der Waals surface area (Å²) in [7, 11) is 0. The van der Waals surface area contributed by atoms with Gasteiger partial charge in [-0.1, -0.05) is 18.2 Å². The Labute approximate surface area is 101 Å². The average molecular weight is 229 g/mol. The molecule has 3 nitrogen and oxygen atoms in total. The molecule has 3 heteroatoms. The molecule has 1 unspecified atom stereocenters. The molecule has 1 aromatic carbocycles. The Balaban J connectivity index is 1.96. The molecule has 0 bridgehead atoms. The zero-order chi connectivity index (χ0) is 12.1. The quantitative estimate of drug-likeness (QED) is 0.876. The number of hydrogen-bond donors (Lipinski definition) is 1. The molecule has 17 heavy (non-hydrogen) atoms. The van der Waals surface area contributed by atoms with Crippen LogP contribution in [0, 0.1) is 0 Å². The number of benzene rings is 1. The van der Waals surface area contributed by atoms with Gasteiger partial charge in [0.25, 0.3) is 0 Å². The standard InChI is InChI=1S/C14H15NO2/c1-11(16)12-5-7-14(8-6-12)17-10-13-4-2-3-9-15-13/h2-9,11,16H,10H2,1H3. The number of hydrogen-bond acceptors (Lipinski definition) is 3. The van der Waals surface area contributed by atoms with Crippen molar-refractivity contribution < 1.29 is 9.84 Å². The molecule has 1 N–H and O–H groups in total. The molecule has 0 aliphatic heterocycles. The van der Waals surface area contributed by atoms with E-state index >= 15 is 0 Å². The largest absolute Gasteiger partial charge is 0.487 e. The molecule has 0 saturated carbocycles. The van der Waals surface area contributed by atoms with Crippen LogP contribution < -0.4 is 4.74 Å². The van der Waals surface area contributed by atoms with Gasteiger partial charge in [0, 0.05) is 6.20 Å². The summed E-state index contributed by atoms with van der Waals surface area (Å²) < 4.78 is 5.58. The Morgan fingerprint density at radius 2 is 1.94 bits per heavy atom. The van der Waals surface area contributed by atoms with Gasteiger partial charge >= 0.3 is 0 Å². The van der Waals surface area contributed by atoms with Crippen LogP contribution in [0.5, 0.6) is 5.75 Å². The van der Waals surface area contributed by atoms with Crippen molar-refractivity contribution in [2.45, 2.75) is 19.6 Å². The molecule has 0 spiro atoms. The van der Waals surface area contributed by atoms with Gasteiger partial charge < -0.3 is 9.84 Å². The average Bonchev–Trinajstić information content (AvgIpc) is 2.38. The highest BCUT2D eigenvalue weighted by Gasteiger charge is 2.01. The van der Waals surface area contributed by atoms with Crippen LogP contribution in [0.4, 0.5) is 0 Å². The highest BCUT2D eigenvalue weighted by atomic mass is 16.5. The summed E-state index contributed by atoms with van der Waals surface area (Å²) in [6, 6.07) is 13.2. The highest BCUT2D eigenvalue weighted by Crippen LogP contribution is 2.17. The lowest BCUT2D eigenvalue weighted by Gasteiger charge is -2.08. The second kappa shape index (κ2) is 5.46. The summed E-state index contributed by atoms with van der Waals surface area (Å²) in [6.45, 7) is 2.19. The predicted molar refractivity (Wildman–Crippen MR) is 65.6 cm³/mol. The van der Waals surface area contributed by atoms with E-state index in [9.17, 15) is 5.11 Å². The first-order chi connectivity index (χ1) is 8.25. The Bertz CT molecular complexity index is 451. The second-order valence-corrected chi connectivity index (χ2v) is 3.85. The fraction of sp³-hybridized carbons (Fsp3) is 0.214. The number of rotatable bonds is 4. The SMILES string of the molecule is CC(O)c1ccc(OCc2ccccn2)cc1. The molecule has 0 fully saturated rings. The van der Waals surface area contributed by atoms with Gasteiger partial charge in [0.05, 0.1) is 11.8 Å². The fourth-order valence-electron chi connectivity index (χ4n) is 1.48.